The average Bonchev–Trinajstić information content (AvgIpc) is 3.33. The van der Waals surface area contributed by atoms with E-state index in [1.54, 1.807) is 15.9 Å². The lowest BCUT2D eigenvalue weighted by Crippen LogP contribution is -2.52. The molecule has 0 unspecified atom stereocenters. The lowest BCUT2D eigenvalue weighted by molar-refractivity contribution is -0.138. The number of urea groups is 1. The zero-order valence-electron chi connectivity index (χ0n) is 17.0. The van der Waals surface area contributed by atoms with Gasteiger partial charge in [0.25, 0.3) is 0 Å². The highest BCUT2D eigenvalue weighted by Crippen LogP contribution is 2.31. The molecule has 2 atom stereocenters. The number of nitrogens with zero attached hydrogens (tertiary/aromatic N) is 3. The largest absolute Gasteiger partial charge is 0.416 e. The maximum absolute atomic E-state index is 13.1. The van der Waals surface area contributed by atoms with Crippen LogP contribution in [0.2, 0.25) is 0 Å². The van der Waals surface area contributed by atoms with Gasteiger partial charge in [0.05, 0.1) is 17.5 Å². The molecule has 3 aliphatic heterocycles. The molecule has 168 valence electrons. The first-order chi connectivity index (χ1) is 14.7. The van der Waals surface area contributed by atoms with Crippen molar-refractivity contribution in [3.8, 4) is 0 Å². The molecule has 0 saturated carbocycles. The van der Waals surface area contributed by atoms with Crippen molar-refractivity contribution < 1.29 is 27.6 Å². The monoisotopic (exact) mass is 438 g/mol. The number of alkyl halides is 3. The molecule has 3 saturated heterocycles. The van der Waals surface area contributed by atoms with E-state index < -0.39 is 17.7 Å². The van der Waals surface area contributed by atoms with Gasteiger partial charge < -0.3 is 20.0 Å². The maximum atomic E-state index is 13.1. The molecule has 4 amide bonds. The van der Waals surface area contributed by atoms with Gasteiger partial charge in [-0.25, -0.2) is 4.79 Å². The predicted octanol–water partition coefficient (Wildman–Crippen LogP) is 2.07. The lowest BCUT2D eigenvalue weighted by atomic mass is 10.0. The van der Waals surface area contributed by atoms with Crippen LogP contribution in [0.1, 0.15) is 30.4 Å². The van der Waals surface area contributed by atoms with Crippen LogP contribution in [0.25, 0.3) is 0 Å². The van der Waals surface area contributed by atoms with Crippen molar-refractivity contribution >= 4 is 17.8 Å². The normalized spacial score (nSPS) is 24.7. The molecule has 0 bridgehead atoms. The minimum absolute atomic E-state index is 0.0292. The van der Waals surface area contributed by atoms with Gasteiger partial charge in [0, 0.05) is 45.7 Å². The van der Waals surface area contributed by atoms with Gasteiger partial charge in [-0.15, -0.1) is 0 Å². The van der Waals surface area contributed by atoms with Crippen molar-refractivity contribution in [3.05, 3.63) is 35.4 Å². The van der Waals surface area contributed by atoms with Crippen molar-refractivity contribution in [2.45, 2.75) is 38.0 Å². The molecule has 1 aromatic carbocycles. The number of carbonyl (C=O) groups is 3. The molecule has 0 radical (unpaired) electrons. The van der Waals surface area contributed by atoms with Gasteiger partial charge in [0.15, 0.2) is 0 Å². The standard InChI is InChI=1S/C21H25F3N4O3/c22-21(23,24)16-4-1-3-14(9-16)11-27-12-15(10-18(27)29)19(30)26-7-2-5-17(13-26)28-8-6-25-20(28)31/h1,3-4,9,15,17H,2,5-8,10-13H2,(H,25,31)/t15-,17+/m0/s1. The molecule has 3 fully saturated rings. The third-order valence-corrected chi connectivity index (χ3v) is 6.23. The summed E-state index contributed by atoms with van der Waals surface area (Å²) in [4.78, 5) is 42.4. The number of likely N-dealkylation sites (tertiary alicyclic amines) is 2. The predicted molar refractivity (Wildman–Crippen MR) is 105 cm³/mol. The molecule has 0 aromatic heterocycles. The summed E-state index contributed by atoms with van der Waals surface area (Å²) < 4.78 is 38.8. The summed E-state index contributed by atoms with van der Waals surface area (Å²) in [6.45, 7) is 2.50. The maximum Gasteiger partial charge on any atom is 0.416 e. The van der Waals surface area contributed by atoms with Crippen molar-refractivity contribution in [2.75, 3.05) is 32.7 Å². The van der Waals surface area contributed by atoms with Gasteiger partial charge in [0.2, 0.25) is 11.8 Å². The van der Waals surface area contributed by atoms with Crippen molar-refractivity contribution in [1.82, 2.24) is 20.0 Å². The first kappa shape index (κ1) is 21.5. The molecular weight excluding hydrogens is 413 g/mol. The van der Waals surface area contributed by atoms with Gasteiger partial charge >= 0.3 is 12.2 Å². The van der Waals surface area contributed by atoms with Crippen LogP contribution in [0.5, 0.6) is 0 Å². The molecule has 0 spiro atoms. The third-order valence-electron chi connectivity index (χ3n) is 6.23. The number of carbonyl (C=O) groups excluding carboxylic acids is 3. The van der Waals surface area contributed by atoms with Gasteiger partial charge in [0.1, 0.15) is 0 Å². The molecule has 4 rings (SSSR count). The van der Waals surface area contributed by atoms with Crippen LogP contribution < -0.4 is 5.32 Å². The van der Waals surface area contributed by atoms with Gasteiger partial charge in [-0.3, -0.25) is 9.59 Å². The Morgan fingerprint density at radius 1 is 1.16 bits per heavy atom. The molecule has 7 nitrogen and oxygen atoms in total. The summed E-state index contributed by atoms with van der Waals surface area (Å²) in [6, 6.07) is 4.77. The Bertz CT molecular complexity index is 876. The molecule has 3 heterocycles. The summed E-state index contributed by atoms with van der Waals surface area (Å²) in [6.07, 6.45) is -2.76. The van der Waals surface area contributed by atoms with E-state index in [0.29, 0.717) is 31.7 Å². The Balaban J connectivity index is 1.37. The zero-order valence-corrected chi connectivity index (χ0v) is 17.0. The number of rotatable bonds is 4. The second kappa shape index (κ2) is 8.39. The molecule has 3 aliphatic rings. The van der Waals surface area contributed by atoms with Gasteiger partial charge in [-0.2, -0.15) is 13.2 Å². The van der Waals surface area contributed by atoms with Crippen LogP contribution in [0.4, 0.5) is 18.0 Å². The highest BCUT2D eigenvalue weighted by Gasteiger charge is 2.39. The number of amides is 4. The van der Waals surface area contributed by atoms with Crippen LogP contribution in [0.15, 0.2) is 24.3 Å². The fourth-order valence-corrected chi connectivity index (χ4v) is 4.66. The van der Waals surface area contributed by atoms with E-state index >= 15 is 0 Å². The summed E-state index contributed by atoms with van der Waals surface area (Å²) in [5.74, 6) is -0.864. The highest BCUT2D eigenvalue weighted by molar-refractivity contribution is 5.89. The van der Waals surface area contributed by atoms with Gasteiger partial charge in [-0.05, 0) is 30.5 Å². The van der Waals surface area contributed by atoms with Crippen LogP contribution in [0, 0.1) is 5.92 Å². The van der Waals surface area contributed by atoms with Crippen LogP contribution in [-0.2, 0) is 22.3 Å². The summed E-state index contributed by atoms with van der Waals surface area (Å²) >= 11 is 0. The number of hydrogen-bond acceptors (Lipinski definition) is 3. The fraction of sp³-hybridized carbons (Fsp3) is 0.571. The number of hydrogen-bond donors (Lipinski definition) is 1. The van der Waals surface area contributed by atoms with E-state index in [-0.39, 0.29) is 43.4 Å². The van der Waals surface area contributed by atoms with Crippen molar-refractivity contribution in [2.24, 2.45) is 5.92 Å². The van der Waals surface area contributed by atoms with Crippen LogP contribution in [0.3, 0.4) is 0 Å². The summed E-state index contributed by atoms with van der Waals surface area (Å²) in [7, 11) is 0. The van der Waals surface area contributed by atoms with Gasteiger partial charge in [-0.1, -0.05) is 12.1 Å². The number of halogens is 3. The molecule has 1 N–H and O–H groups in total. The fourth-order valence-electron chi connectivity index (χ4n) is 4.66. The van der Waals surface area contributed by atoms with Crippen molar-refractivity contribution in [3.63, 3.8) is 0 Å². The van der Waals surface area contributed by atoms with E-state index in [1.165, 1.54) is 11.0 Å². The molecule has 31 heavy (non-hydrogen) atoms. The average molecular weight is 438 g/mol. The first-order valence-electron chi connectivity index (χ1n) is 10.5. The zero-order chi connectivity index (χ0) is 22.2. The summed E-state index contributed by atoms with van der Waals surface area (Å²) in [5.41, 5.74) is -0.371. The van der Waals surface area contributed by atoms with Crippen LogP contribution >= 0.6 is 0 Å². The SMILES string of the molecule is O=C1C[C@H](C(=O)N2CCC[C@@H](N3CCNC3=O)C2)CN1Cc1cccc(C(F)(F)F)c1. The minimum atomic E-state index is -4.44. The number of piperidine rings is 1. The Morgan fingerprint density at radius 2 is 1.97 bits per heavy atom. The van der Waals surface area contributed by atoms with E-state index in [1.807, 2.05) is 0 Å². The molecule has 0 aliphatic carbocycles. The Morgan fingerprint density at radius 3 is 2.68 bits per heavy atom. The lowest BCUT2D eigenvalue weighted by Gasteiger charge is -2.38. The smallest absolute Gasteiger partial charge is 0.340 e. The highest BCUT2D eigenvalue weighted by atomic mass is 19.4. The third kappa shape index (κ3) is 4.62. The van der Waals surface area contributed by atoms with E-state index in [9.17, 15) is 27.6 Å². The first-order valence-corrected chi connectivity index (χ1v) is 10.5. The van der Waals surface area contributed by atoms with Crippen molar-refractivity contribution in [1.29, 1.82) is 0 Å². The van der Waals surface area contributed by atoms with E-state index in [2.05, 4.69) is 5.32 Å². The Hall–Kier alpha value is -2.78. The number of benzene rings is 1. The van der Waals surface area contributed by atoms with E-state index in [0.717, 1.165) is 25.0 Å². The second-order valence-electron chi connectivity index (χ2n) is 8.38. The quantitative estimate of drug-likeness (QED) is 0.782. The number of nitrogens with one attached hydrogen (secondary N) is 1. The molecular formula is C21H25F3N4O3. The topological polar surface area (TPSA) is 73.0 Å². The molecule has 10 heteroatoms. The molecule has 1 aromatic rings. The second-order valence-corrected chi connectivity index (χ2v) is 8.38. The Labute approximate surface area is 178 Å². The van der Waals surface area contributed by atoms with E-state index in [4.69, 9.17) is 0 Å². The Kier molecular flexibility index (Phi) is 5.81. The minimum Gasteiger partial charge on any atom is -0.340 e. The summed E-state index contributed by atoms with van der Waals surface area (Å²) in [5, 5.41) is 2.78. The van der Waals surface area contributed by atoms with Crippen LogP contribution in [-0.4, -0.2) is 71.3 Å².